The highest BCUT2D eigenvalue weighted by molar-refractivity contribution is 5.96. The molecule has 0 spiro atoms. The molecule has 0 N–H and O–H groups in total. The molecule has 1 aliphatic rings. The average molecular weight is 417 g/mol. The first-order valence-corrected chi connectivity index (χ1v) is 9.20. The minimum absolute atomic E-state index is 0.106. The summed E-state index contributed by atoms with van der Waals surface area (Å²) in [6.45, 7) is 1.74. The summed E-state index contributed by atoms with van der Waals surface area (Å²) in [4.78, 5) is 4.35. The number of hydrogen-bond acceptors (Lipinski definition) is 2. The Morgan fingerprint density at radius 2 is 1.47 bits per heavy atom. The van der Waals surface area contributed by atoms with Crippen LogP contribution in [0.3, 0.4) is 0 Å². The molecule has 154 valence electrons. The second kappa shape index (κ2) is 7.55. The van der Waals surface area contributed by atoms with Gasteiger partial charge in [0.15, 0.2) is 0 Å². The first kappa shape index (κ1) is 20.1. The van der Waals surface area contributed by atoms with Crippen LogP contribution in [0.4, 0.5) is 22.0 Å². The Kier molecular flexibility index (Phi) is 5.05. The third-order valence-electron chi connectivity index (χ3n) is 4.95. The van der Waals surface area contributed by atoms with Gasteiger partial charge in [0.25, 0.3) is 0 Å². The van der Waals surface area contributed by atoms with Crippen LogP contribution in [0.25, 0.3) is 11.1 Å². The predicted molar refractivity (Wildman–Crippen MR) is 103 cm³/mol. The van der Waals surface area contributed by atoms with Gasteiger partial charge in [0.05, 0.1) is 5.56 Å². The monoisotopic (exact) mass is 417 g/mol. The molecule has 0 bridgehead atoms. The van der Waals surface area contributed by atoms with Gasteiger partial charge < -0.3 is 4.74 Å². The summed E-state index contributed by atoms with van der Waals surface area (Å²) in [5.41, 5.74) is 0.742. The van der Waals surface area contributed by atoms with E-state index >= 15 is 0 Å². The van der Waals surface area contributed by atoms with Crippen LogP contribution in [-0.4, -0.2) is 12.0 Å². The van der Waals surface area contributed by atoms with E-state index in [0.29, 0.717) is 11.1 Å². The van der Waals surface area contributed by atoms with Crippen LogP contribution in [0, 0.1) is 11.6 Å². The van der Waals surface area contributed by atoms with E-state index in [1.165, 1.54) is 12.1 Å². The van der Waals surface area contributed by atoms with Crippen LogP contribution >= 0.6 is 0 Å². The van der Waals surface area contributed by atoms with Crippen molar-refractivity contribution in [1.82, 2.24) is 0 Å². The van der Waals surface area contributed by atoms with Crippen molar-refractivity contribution < 1.29 is 26.7 Å². The Hall–Kier alpha value is -3.22. The highest BCUT2D eigenvalue weighted by Gasteiger charge is 2.32. The van der Waals surface area contributed by atoms with Crippen LogP contribution in [-0.2, 0) is 10.9 Å². The molecule has 4 rings (SSSR count). The maximum Gasteiger partial charge on any atom is 0.416 e. The molecule has 3 aromatic carbocycles. The molecule has 2 unspecified atom stereocenters. The molecule has 30 heavy (non-hydrogen) atoms. The minimum Gasteiger partial charge on any atom is -0.472 e. The lowest BCUT2D eigenvalue weighted by Crippen LogP contribution is -2.14. The van der Waals surface area contributed by atoms with E-state index in [1.54, 1.807) is 37.3 Å². The van der Waals surface area contributed by atoms with Crippen LogP contribution in [0.15, 0.2) is 71.7 Å². The SMILES string of the molecule is CC1OC(c2c(F)cccc2F)=NC1c1ccc(-c2cccc(C(F)(F)F)c2)cc1. The number of halogens is 5. The molecule has 0 amide bonds. The van der Waals surface area contributed by atoms with E-state index in [2.05, 4.69) is 4.99 Å². The second-order valence-corrected chi connectivity index (χ2v) is 7.00. The second-order valence-electron chi connectivity index (χ2n) is 7.00. The Morgan fingerprint density at radius 3 is 2.10 bits per heavy atom. The number of alkyl halides is 3. The van der Waals surface area contributed by atoms with Crippen molar-refractivity contribution in [1.29, 1.82) is 0 Å². The summed E-state index contributed by atoms with van der Waals surface area (Å²) in [6.07, 6.45) is -4.88. The standard InChI is InChI=1S/C23H16F5NO/c1-13-21(29-22(30-13)20-18(24)6-3-7-19(20)25)15-10-8-14(9-11-15)16-4-2-5-17(12-16)23(26,27)28/h2-13,21H,1H3. The number of nitrogens with zero attached hydrogens (tertiary/aromatic N) is 1. The van der Waals surface area contributed by atoms with Gasteiger partial charge in [-0.3, -0.25) is 0 Å². The van der Waals surface area contributed by atoms with Crippen molar-refractivity contribution in [2.75, 3.05) is 0 Å². The number of benzene rings is 3. The van der Waals surface area contributed by atoms with Gasteiger partial charge in [-0.1, -0.05) is 42.5 Å². The fourth-order valence-electron chi connectivity index (χ4n) is 3.42. The highest BCUT2D eigenvalue weighted by atomic mass is 19.4. The molecule has 0 saturated heterocycles. The van der Waals surface area contributed by atoms with Crippen molar-refractivity contribution in [3.8, 4) is 11.1 Å². The van der Waals surface area contributed by atoms with Crippen molar-refractivity contribution >= 4 is 5.90 Å². The first-order chi connectivity index (χ1) is 14.2. The molecule has 0 aromatic heterocycles. The maximum atomic E-state index is 14.0. The summed E-state index contributed by atoms with van der Waals surface area (Å²) in [5.74, 6) is -1.63. The molecule has 3 aromatic rings. The van der Waals surface area contributed by atoms with E-state index in [0.717, 1.165) is 29.8 Å². The van der Waals surface area contributed by atoms with Crippen molar-refractivity contribution in [3.63, 3.8) is 0 Å². The normalized spacial score (nSPS) is 18.8. The zero-order valence-corrected chi connectivity index (χ0v) is 15.8. The molecule has 1 aliphatic heterocycles. The number of hydrogen-bond donors (Lipinski definition) is 0. The summed E-state index contributed by atoms with van der Waals surface area (Å²) in [6, 6.07) is 14.9. The lowest BCUT2D eigenvalue weighted by Gasteiger charge is -2.14. The molecule has 2 atom stereocenters. The van der Waals surface area contributed by atoms with Gasteiger partial charge in [0.1, 0.15) is 29.3 Å². The lowest BCUT2D eigenvalue weighted by molar-refractivity contribution is -0.137. The maximum absolute atomic E-state index is 14.0. The molecular formula is C23H16F5NO. The van der Waals surface area contributed by atoms with Crippen molar-refractivity contribution in [2.24, 2.45) is 4.99 Å². The minimum atomic E-state index is -4.42. The lowest BCUT2D eigenvalue weighted by atomic mass is 9.98. The Balaban J connectivity index is 1.63. The quantitative estimate of drug-likeness (QED) is 0.443. The van der Waals surface area contributed by atoms with Gasteiger partial charge in [-0.05, 0) is 47.9 Å². The number of aliphatic imine (C=N–C) groups is 1. The third kappa shape index (κ3) is 3.79. The Labute approximate surface area is 169 Å². The third-order valence-corrected chi connectivity index (χ3v) is 4.95. The summed E-state index contributed by atoms with van der Waals surface area (Å²) < 4.78 is 72.5. The van der Waals surface area contributed by atoms with Gasteiger partial charge in [-0.15, -0.1) is 0 Å². The number of ether oxygens (including phenoxy) is 1. The molecule has 0 aliphatic carbocycles. The molecule has 0 fully saturated rings. The molecule has 2 nitrogen and oxygen atoms in total. The Morgan fingerprint density at radius 1 is 0.833 bits per heavy atom. The molecular weight excluding hydrogens is 401 g/mol. The van der Waals surface area contributed by atoms with Gasteiger partial charge in [0.2, 0.25) is 5.90 Å². The van der Waals surface area contributed by atoms with Crippen LogP contribution < -0.4 is 0 Å². The Bertz CT molecular complexity index is 1090. The van der Waals surface area contributed by atoms with Crippen LogP contribution in [0.2, 0.25) is 0 Å². The van der Waals surface area contributed by atoms with Crippen LogP contribution in [0.1, 0.15) is 29.7 Å². The van der Waals surface area contributed by atoms with Crippen LogP contribution in [0.5, 0.6) is 0 Å². The average Bonchev–Trinajstić information content (AvgIpc) is 3.08. The van der Waals surface area contributed by atoms with Gasteiger partial charge in [0, 0.05) is 0 Å². The zero-order valence-electron chi connectivity index (χ0n) is 15.8. The van der Waals surface area contributed by atoms with E-state index in [1.807, 2.05) is 0 Å². The molecule has 1 heterocycles. The van der Waals surface area contributed by atoms with Gasteiger partial charge >= 0.3 is 6.18 Å². The highest BCUT2D eigenvalue weighted by Crippen LogP contribution is 2.35. The molecule has 7 heteroatoms. The fraction of sp³-hybridized carbons (Fsp3) is 0.174. The van der Waals surface area contributed by atoms with Crippen molar-refractivity contribution in [3.05, 3.63) is 95.1 Å². The predicted octanol–water partition coefficient (Wildman–Crippen LogP) is 6.56. The largest absolute Gasteiger partial charge is 0.472 e. The van der Waals surface area contributed by atoms with Gasteiger partial charge in [-0.25, -0.2) is 13.8 Å². The van der Waals surface area contributed by atoms with Gasteiger partial charge in [-0.2, -0.15) is 13.2 Å². The summed E-state index contributed by atoms with van der Waals surface area (Å²) >= 11 is 0. The molecule has 0 saturated carbocycles. The first-order valence-electron chi connectivity index (χ1n) is 9.20. The summed E-state index contributed by atoms with van der Waals surface area (Å²) in [7, 11) is 0. The van der Waals surface area contributed by atoms with E-state index < -0.39 is 35.5 Å². The van der Waals surface area contributed by atoms with E-state index in [4.69, 9.17) is 4.74 Å². The van der Waals surface area contributed by atoms with Crippen molar-refractivity contribution in [2.45, 2.75) is 25.2 Å². The van der Waals surface area contributed by atoms with E-state index in [-0.39, 0.29) is 11.5 Å². The fourth-order valence-corrected chi connectivity index (χ4v) is 3.42. The topological polar surface area (TPSA) is 21.6 Å². The smallest absolute Gasteiger partial charge is 0.416 e. The summed E-state index contributed by atoms with van der Waals surface area (Å²) in [5, 5.41) is 0. The molecule has 0 radical (unpaired) electrons. The zero-order chi connectivity index (χ0) is 21.5. The number of rotatable bonds is 3. The van der Waals surface area contributed by atoms with E-state index in [9.17, 15) is 22.0 Å².